The third kappa shape index (κ3) is 2.12. The molecule has 0 bridgehead atoms. The predicted molar refractivity (Wildman–Crippen MR) is 86.7 cm³/mol. The lowest BCUT2D eigenvalue weighted by Gasteiger charge is -2.13. The molecular weight excluding hydrogens is 268 g/mol. The predicted octanol–water partition coefficient (Wildman–Crippen LogP) is 3.25. The zero-order chi connectivity index (χ0) is 15.3. The molecule has 1 amide bonds. The Bertz CT molecular complexity index is 576. The maximum absolute atomic E-state index is 12.5. The van der Waals surface area contributed by atoms with Gasteiger partial charge in [-0.3, -0.25) is 4.79 Å². The molecule has 0 spiro atoms. The van der Waals surface area contributed by atoms with Gasteiger partial charge in [0.15, 0.2) is 0 Å². The van der Waals surface area contributed by atoms with E-state index in [-0.39, 0.29) is 22.7 Å². The second-order valence-corrected chi connectivity index (χ2v) is 7.17. The summed E-state index contributed by atoms with van der Waals surface area (Å²) in [6, 6.07) is 5.69. The van der Waals surface area contributed by atoms with Crippen LogP contribution in [0.4, 0.5) is 5.69 Å². The highest BCUT2D eigenvalue weighted by atomic mass is 32.1. The molecule has 0 aliphatic heterocycles. The van der Waals surface area contributed by atoms with Gasteiger partial charge in [0.2, 0.25) is 5.91 Å². The number of aryl methyl sites for hydroxylation is 1. The van der Waals surface area contributed by atoms with Crippen molar-refractivity contribution in [3.8, 4) is 0 Å². The Morgan fingerprint density at radius 1 is 1.25 bits per heavy atom. The first-order valence-electron chi connectivity index (χ1n) is 6.81. The molecule has 3 nitrogen and oxygen atoms in total. The Morgan fingerprint density at radius 2 is 1.80 bits per heavy atom. The molecule has 0 aromatic heterocycles. The van der Waals surface area contributed by atoms with Crippen molar-refractivity contribution < 1.29 is 4.79 Å². The summed E-state index contributed by atoms with van der Waals surface area (Å²) < 4.78 is 0. The number of benzene rings is 1. The molecule has 0 atom stereocenters. The smallest absolute Gasteiger partial charge is 0.228 e. The molecule has 1 saturated carbocycles. The van der Waals surface area contributed by atoms with Crippen LogP contribution in [0.2, 0.25) is 0 Å². The van der Waals surface area contributed by atoms with Crippen molar-refractivity contribution in [2.45, 2.75) is 34.6 Å². The van der Waals surface area contributed by atoms with E-state index in [0.29, 0.717) is 10.7 Å². The van der Waals surface area contributed by atoms with Crippen LogP contribution in [-0.4, -0.2) is 10.9 Å². The lowest BCUT2D eigenvalue weighted by Crippen LogP contribution is -2.21. The second kappa shape index (κ2) is 4.55. The average Bonchev–Trinajstić information content (AvgIpc) is 2.68. The standard InChI is InChI=1S/C16H22N2OS/c1-9-7-6-8-10(11(9)13(17)20)18-14(19)12-15(2,3)16(12,4)5/h6-8,12H,1-5H3,(H2,17,20)(H,18,19). The van der Waals surface area contributed by atoms with Crippen LogP contribution >= 0.6 is 12.2 Å². The highest BCUT2D eigenvalue weighted by Gasteiger charge is 2.68. The van der Waals surface area contributed by atoms with Crippen LogP contribution in [0.1, 0.15) is 38.8 Å². The van der Waals surface area contributed by atoms with Gasteiger partial charge in [-0.15, -0.1) is 0 Å². The third-order valence-electron chi connectivity index (χ3n) is 5.06. The summed E-state index contributed by atoms with van der Waals surface area (Å²) in [7, 11) is 0. The Hall–Kier alpha value is -1.42. The minimum Gasteiger partial charge on any atom is -0.389 e. The number of anilines is 1. The van der Waals surface area contributed by atoms with Crippen molar-refractivity contribution in [3.63, 3.8) is 0 Å². The van der Waals surface area contributed by atoms with Gasteiger partial charge in [0, 0.05) is 11.5 Å². The van der Waals surface area contributed by atoms with Gasteiger partial charge in [-0.05, 0) is 29.4 Å². The fraction of sp³-hybridized carbons (Fsp3) is 0.500. The zero-order valence-electron chi connectivity index (χ0n) is 12.7. The van der Waals surface area contributed by atoms with Crippen LogP contribution in [0, 0.1) is 23.7 Å². The van der Waals surface area contributed by atoms with Gasteiger partial charge >= 0.3 is 0 Å². The molecule has 1 aromatic carbocycles. The molecule has 1 aliphatic rings. The highest BCUT2D eigenvalue weighted by Crippen LogP contribution is 2.68. The van der Waals surface area contributed by atoms with Crippen LogP contribution < -0.4 is 11.1 Å². The van der Waals surface area contributed by atoms with Gasteiger partial charge < -0.3 is 11.1 Å². The number of hydrogen-bond donors (Lipinski definition) is 2. The second-order valence-electron chi connectivity index (χ2n) is 6.73. The van der Waals surface area contributed by atoms with Gasteiger partial charge in [-0.25, -0.2) is 0 Å². The van der Waals surface area contributed by atoms with Crippen molar-refractivity contribution in [1.29, 1.82) is 0 Å². The van der Waals surface area contributed by atoms with Gasteiger partial charge in [-0.1, -0.05) is 52.0 Å². The fourth-order valence-corrected chi connectivity index (χ4v) is 3.43. The number of amides is 1. The summed E-state index contributed by atoms with van der Waals surface area (Å²) in [5, 5.41) is 3.00. The summed E-state index contributed by atoms with van der Waals surface area (Å²) in [4.78, 5) is 12.8. The molecule has 0 radical (unpaired) electrons. The number of nitrogens with one attached hydrogen (secondary N) is 1. The highest BCUT2D eigenvalue weighted by molar-refractivity contribution is 7.80. The van der Waals surface area contributed by atoms with Gasteiger partial charge in [0.1, 0.15) is 4.99 Å². The van der Waals surface area contributed by atoms with Crippen LogP contribution in [0.3, 0.4) is 0 Å². The zero-order valence-corrected chi connectivity index (χ0v) is 13.5. The van der Waals surface area contributed by atoms with Crippen LogP contribution in [-0.2, 0) is 4.79 Å². The molecule has 0 unspecified atom stereocenters. The molecule has 20 heavy (non-hydrogen) atoms. The van der Waals surface area contributed by atoms with Crippen molar-refractivity contribution in [2.24, 2.45) is 22.5 Å². The van der Waals surface area contributed by atoms with E-state index in [2.05, 4.69) is 33.0 Å². The largest absolute Gasteiger partial charge is 0.389 e. The van der Waals surface area contributed by atoms with Crippen LogP contribution in [0.15, 0.2) is 18.2 Å². The number of hydrogen-bond acceptors (Lipinski definition) is 2. The van der Waals surface area contributed by atoms with Crippen LogP contribution in [0.25, 0.3) is 0 Å². The maximum atomic E-state index is 12.5. The Balaban J connectivity index is 2.27. The van der Waals surface area contributed by atoms with Gasteiger partial charge in [-0.2, -0.15) is 0 Å². The number of carbonyl (C=O) groups is 1. The van der Waals surface area contributed by atoms with Crippen LogP contribution in [0.5, 0.6) is 0 Å². The molecule has 3 N–H and O–H groups in total. The van der Waals surface area contributed by atoms with Gasteiger partial charge in [0.25, 0.3) is 0 Å². The first-order valence-corrected chi connectivity index (χ1v) is 7.22. The van der Waals surface area contributed by atoms with E-state index < -0.39 is 0 Å². The lowest BCUT2D eigenvalue weighted by molar-refractivity contribution is -0.118. The Labute approximate surface area is 125 Å². The summed E-state index contributed by atoms with van der Waals surface area (Å²) in [5.41, 5.74) is 8.25. The van der Waals surface area contributed by atoms with E-state index in [0.717, 1.165) is 11.1 Å². The third-order valence-corrected chi connectivity index (χ3v) is 5.26. The first kappa shape index (κ1) is 15.0. The van der Waals surface area contributed by atoms with E-state index in [4.69, 9.17) is 18.0 Å². The summed E-state index contributed by atoms with van der Waals surface area (Å²) in [6.07, 6.45) is 0. The normalized spacial score (nSPS) is 19.4. The van der Waals surface area contributed by atoms with Crippen molar-refractivity contribution >= 4 is 28.8 Å². The van der Waals surface area contributed by atoms with E-state index in [1.54, 1.807) is 0 Å². The quantitative estimate of drug-likeness (QED) is 0.840. The number of nitrogens with two attached hydrogens (primary N) is 1. The maximum Gasteiger partial charge on any atom is 0.228 e. The number of thiocarbonyl (C=S) groups is 1. The monoisotopic (exact) mass is 290 g/mol. The fourth-order valence-electron chi connectivity index (χ4n) is 3.16. The Kier molecular flexibility index (Phi) is 3.41. The van der Waals surface area contributed by atoms with Gasteiger partial charge in [0.05, 0.1) is 5.69 Å². The lowest BCUT2D eigenvalue weighted by atomic mass is 10.0. The SMILES string of the molecule is Cc1cccc(NC(=O)C2C(C)(C)C2(C)C)c1C(N)=S. The summed E-state index contributed by atoms with van der Waals surface area (Å²) in [5.74, 6) is 0.0535. The minimum absolute atomic E-state index is 0.00899. The van der Waals surface area contributed by atoms with E-state index in [1.165, 1.54) is 0 Å². The molecule has 2 rings (SSSR count). The topological polar surface area (TPSA) is 55.1 Å². The molecule has 4 heteroatoms. The van der Waals surface area contributed by atoms with Crippen molar-refractivity contribution in [1.82, 2.24) is 0 Å². The molecular formula is C16H22N2OS. The van der Waals surface area contributed by atoms with Crippen molar-refractivity contribution in [2.75, 3.05) is 5.32 Å². The molecule has 0 saturated heterocycles. The number of carbonyl (C=O) groups excluding carboxylic acids is 1. The van der Waals surface area contributed by atoms with E-state index in [9.17, 15) is 4.79 Å². The molecule has 0 heterocycles. The summed E-state index contributed by atoms with van der Waals surface area (Å²) >= 11 is 5.09. The molecule has 1 aliphatic carbocycles. The number of rotatable bonds is 3. The molecule has 1 fully saturated rings. The Morgan fingerprint density at radius 3 is 2.25 bits per heavy atom. The first-order chi connectivity index (χ1) is 9.10. The molecule has 108 valence electrons. The van der Waals surface area contributed by atoms with E-state index >= 15 is 0 Å². The minimum atomic E-state index is 0.00899. The van der Waals surface area contributed by atoms with Crippen molar-refractivity contribution in [3.05, 3.63) is 29.3 Å². The average molecular weight is 290 g/mol. The summed E-state index contributed by atoms with van der Waals surface area (Å²) in [6.45, 7) is 10.4. The van der Waals surface area contributed by atoms with E-state index in [1.807, 2.05) is 25.1 Å². The molecule has 1 aromatic rings.